The highest BCUT2D eigenvalue weighted by atomic mass is 16.5. The number of hydrogen-bond donors (Lipinski definition) is 1. The van der Waals surface area contributed by atoms with Gasteiger partial charge >= 0.3 is 0 Å². The zero-order chi connectivity index (χ0) is 18.8. The molecule has 1 amide bonds. The van der Waals surface area contributed by atoms with Crippen molar-refractivity contribution in [1.29, 1.82) is 0 Å². The van der Waals surface area contributed by atoms with Crippen LogP contribution in [0.3, 0.4) is 0 Å². The van der Waals surface area contributed by atoms with E-state index in [0.29, 0.717) is 17.7 Å². The summed E-state index contributed by atoms with van der Waals surface area (Å²) in [6.07, 6.45) is 4.37. The molecular weight excluding hydrogens is 336 g/mol. The molecular formula is C23H26N2O2. The van der Waals surface area contributed by atoms with E-state index in [1.807, 2.05) is 36.2 Å². The average Bonchev–Trinajstić information content (AvgIpc) is 3.16. The molecule has 4 nitrogen and oxygen atoms in total. The van der Waals surface area contributed by atoms with E-state index < -0.39 is 0 Å². The molecule has 27 heavy (non-hydrogen) atoms. The first-order valence-corrected chi connectivity index (χ1v) is 9.64. The second-order valence-electron chi connectivity index (χ2n) is 7.47. The number of carbonyl (C=O) groups is 1. The lowest BCUT2D eigenvalue weighted by Gasteiger charge is -2.34. The van der Waals surface area contributed by atoms with Gasteiger partial charge in [0.25, 0.3) is 5.91 Å². The number of methoxy groups -OCH3 is 1. The number of rotatable bonds is 4. The van der Waals surface area contributed by atoms with Crippen molar-refractivity contribution in [3.8, 4) is 5.75 Å². The summed E-state index contributed by atoms with van der Waals surface area (Å²) in [5.74, 6) is 1.47. The third kappa shape index (κ3) is 3.57. The van der Waals surface area contributed by atoms with Gasteiger partial charge in [-0.25, -0.2) is 0 Å². The lowest BCUT2D eigenvalue weighted by Crippen LogP contribution is -2.39. The third-order valence-corrected chi connectivity index (χ3v) is 5.90. The van der Waals surface area contributed by atoms with Crippen molar-refractivity contribution in [2.75, 3.05) is 14.2 Å². The minimum absolute atomic E-state index is 0.0633. The Morgan fingerprint density at radius 2 is 1.78 bits per heavy atom. The first-order chi connectivity index (χ1) is 13.2. The molecule has 0 bridgehead atoms. The van der Waals surface area contributed by atoms with Crippen molar-refractivity contribution in [1.82, 2.24) is 9.88 Å². The van der Waals surface area contributed by atoms with E-state index in [0.717, 1.165) is 42.3 Å². The Hall–Kier alpha value is -2.75. The molecule has 1 N–H and O–H groups in total. The van der Waals surface area contributed by atoms with E-state index in [4.69, 9.17) is 4.74 Å². The zero-order valence-electron chi connectivity index (χ0n) is 15.9. The summed E-state index contributed by atoms with van der Waals surface area (Å²) in [7, 11) is 3.58. The van der Waals surface area contributed by atoms with Crippen LogP contribution in [0.1, 0.15) is 47.7 Å². The molecule has 1 heterocycles. The van der Waals surface area contributed by atoms with E-state index >= 15 is 0 Å². The minimum atomic E-state index is 0.0633. The van der Waals surface area contributed by atoms with Gasteiger partial charge in [-0.1, -0.05) is 30.3 Å². The van der Waals surface area contributed by atoms with Crippen molar-refractivity contribution >= 4 is 16.8 Å². The van der Waals surface area contributed by atoms with Crippen LogP contribution in [-0.4, -0.2) is 36.0 Å². The monoisotopic (exact) mass is 362 g/mol. The van der Waals surface area contributed by atoms with Gasteiger partial charge in [0.2, 0.25) is 0 Å². The fourth-order valence-electron chi connectivity index (χ4n) is 4.23. The fourth-order valence-corrected chi connectivity index (χ4v) is 4.23. The Kier molecular flexibility index (Phi) is 4.88. The highest BCUT2D eigenvalue weighted by molar-refractivity contribution is 5.98. The van der Waals surface area contributed by atoms with Crippen LogP contribution >= 0.6 is 0 Å². The number of hydrogen-bond acceptors (Lipinski definition) is 2. The number of amides is 1. The molecule has 4 rings (SSSR count). The summed E-state index contributed by atoms with van der Waals surface area (Å²) < 4.78 is 5.27. The topological polar surface area (TPSA) is 45.3 Å². The van der Waals surface area contributed by atoms with Gasteiger partial charge in [0, 0.05) is 30.1 Å². The molecule has 140 valence electrons. The highest BCUT2D eigenvalue weighted by Crippen LogP contribution is 2.34. The minimum Gasteiger partial charge on any atom is -0.497 e. The molecule has 3 aromatic rings. The molecule has 0 unspecified atom stereocenters. The van der Waals surface area contributed by atoms with Gasteiger partial charge in [-0.15, -0.1) is 0 Å². The van der Waals surface area contributed by atoms with Gasteiger partial charge in [-0.2, -0.15) is 0 Å². The van der Waals surface area contributed by atoms with E-state index in [2.05, 4.69) is 35.3 Å². The summed E-state index contributed by atoms with van der Waals surface area (Å²) in [5, 5.41) is 1.03. The normalized spacial score (nSPS) is 19.8. The SMILES string of the molecule is COc1ccc2cc(C(=O)N(C)C3CCC(c4ccccc4)CC3)[nH]c2c1. The van der Waals surface area contributed by atoms with Gasteiger partial charge in [-0.05, 0) is 55.4 Å². The predicted octanol–water partition coefficient (Wildman–Crippen LogP) is 4.97. The van der Waals surface area contributed by atoms with Crippen molar-refractivity contribution in [2.45, 2.75) is 37.6 Å². The molecule has 1 saturated carbocycles. The van der Waals surface area contributed by atoms with Gasteiger partial charge in [0.15, 0.2) is 0 Å². The van der Waals surface area contributed by atoms with Gasteiger partial charge in [0.05, 0.1) is 7.11 Å². The molecule has 0 spiro atoms. The molecule has 0 radical (unpaired) electrons. The number of carbonyl (C=O) groups excluding carboxylic acids is 1. The first-order valence-electron chi connectivity index (χ1n) is 9.64. The third-order valence-electron chi connectivity index (χ3n) is 5.90. The van der Waals surface area contributed by atoms with Crippen molar-refractivity contribution in [3.63, 3.8) is 0 Å². The second-order valence-corrected chi connectivity index (χ2v) is 7.47. The summed E-state index contributed by atoms with van der Waals surface area (Å²) in [4.78, 5) is 18.2. The average molecular weight is 362 g/mol. The van der Waals surface area contributed by atoms with Gasteiger partial charge in [0.1, 0.15) is 11.4 Å². The van der Waals surface area contributed by atoms with Crippen LogP contribution in [0.15, 0.2) is 54.6 Å². The molecule has 0 atom stereocenters. The maximum Gasteiger partial charge on any atom is 0.270 e. The number of nitrogens with zero attached hydrogens (tertiary/aromatic N) is 1. The molecule has 4 heteroatoms. The molecule has 1 fully saturated rings. The lowest BCUT2D eigenvalue weighted by molar-refractivity contribution is 0.0684. The number of ether oxygens (including phenoxy) is 1. The maximum absolute atomic E-state index is 13.0. The van der Waals surface area contributed by atoms with E-state index in [1.54, 1.807) is 7.11 Å². The standard InChI is InChI=1S/C23H26N2O2/c1-25(19-11-8-17(9-12-19)16-6-4-3-5-7-16)23(26)22-14-18-10-13-20(27-2)15-21(18)24-22/h3-7,10,13-15,17,19,24H,8-9,11-12H2,1-2H3. The molecule has 1 aliphatic carbocycles. The molecule has 0 saturated heterocycles. The number of aromatic nitrogens is 1. The number of H-pyrrole nitrogens is 1. The van der Waals surface area contributed by atoms with Crippen LogP contribution in [0.4, 0.5) is 0 Å². The van der Waals surface area contributed by atoms with Crippen LogP contribution in [0, 0.1) is 0 Å². The Balaban J connectivity index is 1.44. The molecule has 1 aromatic heterocycles. The molecule has 1 aliphatic rings. The Labute approximate surface area is 160 Å². The summed E-state index contributed by atoms with van der Waals surface area (Å²) in [6, 6.07) is 18.8. The van der Waals surface area contributed by atoms with Gasteiger partial charge < -0.3 is 14.6 Å². The van der Waals surface area contributed by atoms with E-state index in [-0.39, 0.29) is 5.91 Å². The predicted molar refractivity (Wildman–Crippen MR) is 108 cm³/mol. The zero-order valence-corrected chi connectivity index (χ0v) is 15.9. The van der Waals surface area contributed by atoms with Crippen molar-refractivity contribution in [2.24, 2.45) is 0 Å². The van der Waals surface area contributed by atoms with Crippen LogP contribution < -0.4 is 4.74 Å². The Bertz CT molecular complexity index is 924. The summed E-state index contributed by atoms with van der Waals surface area (Å²) >= 11 is 0. The first kappa shape index (κ1) is 17.7. The van der Waals surface area contributed by atoms with Gasteiger partial charge in [-0.3, -0.25) is 4.79 Å². The van der Waals surface area contributed by atoms with Crippen LogP contribution in [0.2, 0.25) is 0 Å². The summed E-state index contributed by atoms with van der Waals surface area (Å²) in [6.45, 7) is 0. The van der Waals surface area contributed by atoms with Crippen LogP contribution in [-0.2, 0) is 0 Å². The number of nitrogens with one attached hydrogen (secondary N) is 1. The lowest BCUT2D eigenvalue weighted by atomic mass is 9.81. The van der Waals surface area contributed by atoms with Crippen LogP contribution in [0.25, 0.3) is 10.9 Å². The van der Waals surface area contributed by atoms with Crippen LogP contribution in [0.5, 0.6) is 5.75 Å². The van der Waals surface area contributed by atoms with E-state index in [9.17, 15) is 4.79 Å². The smallest absolute Gasteiger partial charge is 0.270 e. The Morgan fingerprint density at radius 3 is 2.48 bits per heavy atom. The number of aromatic amines is 1. The largest absolute Gasteiger partial charge is 0.497 e. The number of fused-ring (bicyclic) bond motifs is 1. The van der Waals surface area contributed by atoms with Crippen molar-refractivity contribution in [3.05, 3.63) is 65.9 Å². The highest BCUT2D eigenvalue weighted by Gasteiger charge is 2.28. The second kappa shape index (κ2) is 7.47. The quantitative estimate of drug-likeness (QED) is 0.712. The Morgan fingerprint density at radius 1 is 1.04 bits per heavy atom. The molecule has 0 aliphatic heterocycles. The van der Waals surface area contributed by atoms with E-state index in [1.165, 1.54) is 5.56 Å². The number of benzene rings is 2. The molecule has 2 aromatic carbocycles. The van der Waals surface area contributed by atoms with Crippen molar-refractivity contribution < 1.29 is 9.53 Å². The summed E-state index contributed by atoms with van der Waals surface area (Å²) in [5.41, 5.74) is 3.00. The fraction of sp³-hybridized carbons (Fsp3) is 0.348. The maximum atomic E-state index is 13.0.